The van der Waals surface area contributed by atoms with Gasteiger partial charge in [-0.25, -0.2) is 0 Å². The summed E-state index contributed by atoms with van der Waals surface area (Å²) in [5.74, 6) is -1.50. The van der Waals surface area contributed by atoms with Crippen LogP contribution in [0.15, 0.2) is 48.0 Å². The van der Waals surface area contributed by atoms with Gasteiger partial charge in [-0.3, -0.25) is 9.79 Å². The number of nitrogens with zero attached hydrogens (tertiary/aromatic N) is 1. The van der Waals surface area contributed by atoms with Crippen LogP contribution in [-0.4, -0.2) is 66.1 Å². The van der Waals surface area contributed by atoms with E-state index in [0.717, 1.165) is 0 Å². The van der Waals surface area contributed by atoms with E-state index in [1.807, 2.05) is 18.2 Å². The summed E-state index contributed by atoms with van der Waals surface area (Å²) < 4.78 is 16.5. The van der Waals surface area contributed by atoms with Gasteiger partial charge in [0.05, 0.1) is 12.3 Å². The molecule has 1 aliphatic rings. The number of aliphatic hydroxyl groups is 1. The molecule has 0 aromatic heterocycles. The fourth-order valence-electron chi connectivity index (χ4n) is 3.06. The number of methoxy groups -OCH3 is 2. The van der Waals surface area contributed by atoms with Gasteiger partial charge in [0.25, 0.3) is 0 Å². The van der Waals surface area contributed by atoms with Gasteiger partial charge in [-0.05, 0) is 18.6 Å². The Hall–Kier alpha value is -1.44. The highest BCUT2D eigenvalue weighted by atomic mass is 35.5. The molecule has 1 N–H and O–H groups in total. The maximum atomic E-state index is 12.7. The van der Waals surface area contributed by atoms with Gasteiger partial charge in [0.1, 0.15) is 23.8 Å². The molecule has 0 spiro atoms. The number of alkyl halides is 2. The maximum Gasteiger partial charge on any atom is 0.236 e. The number of aliphatic hydroxyl groups excluding tert-OH is 1. The second kappa shape index (κ2) is 9.17. The minimum absolute atomic E-state index is 0.0212. The lowest BCUT2D eigenvalue weighted by atomic mass is 9.95. The van der Waals surface area contributed by atoms with Crippen molar-refractivity contribution in [3.63, 3.8) is 0 Å². The summed E-state index contributed by atoms with van der Waals surface area (Å²) in [5, 5.41) is 9.05. The molecule has 0 saturated heterocycles. The monoisotopic (exact) mass is 415 g/mol. The van der Waals surface area contributed by atoms with Gasteiger partial charge in [-0.1, -0.05) is 24.3 Å². The number of carbonyl (C=O) groups excluding carboxylic acids is 1. The Bertz CT molecular complexity index is 693. The number of allylic oxidation sites excluding steroid dienone is 1. The minimum atomic E-state index is -1.65. The molecule has 1 aliphatic carbocycles. The number of aliphatic imine (C=N–C) groups is 1. The van der Waals surface area contributed by atoms with E-state index in [1.165, 1.54) is 20.3 Å². The Balaban J connectivity index is 2.18. The van der Waals surface area contributed by atoms with E-state index < -0.39 is 27.9 Å². The summed E-state index contributed by atoms with van der Waals surface area (Å²) >= 11 is 12.8. The lowest BCUT2D eigenvalue weighted by Gasteiger charge is -2.37. The molecule has 3 atom stereocenters. The average Bonchev–Trinajstić information content (AvgIpc) is 2.84. The largest absolute Gasteiger partial charge is 0.491 e. The molecule has 0 aliphatic heterocycles. The van der Waals surface area contributed by atoms with Crippen LogP contribution in [0.25, 0.3) is 0 Å². The van der Waals surface area contributed by atoms with Crippen LogP contribution in [0.5, 0.6) is 5.75 Å². The summed E-state index contributed by atoms with van der Waals surface area (Å²) in [4.78, 5) is 15.4. The van der Waals surface area contributed by atoms with Gasteiger partial charge in [-0.15, -0.1) is 29.8 Å². The molecule has 0 amide bonds. The molecule has 148 valence electrons. The third-order valence-electron chi connectivity index (χ3n) is 4.38. The second-order valence-corrected chi connectivity index (χ2v) is 7.13. The lowest BCUT2D eigenvalue weighted by Crippen LogP contribution is -2.55. The third-order valence-corrected chi connectivity index (χ3v) is 5.37. The summed E-state index contributed by atoms with van der Waals surface area (Å²) in [6, 6.07) is 9.08. The molecule has 2 rings (SSSR count). The Labute approximate surface area is 168 Å². The number of ketones is 1. The van der Waals surface area contributed by atoms with E-state index in [-0.39, 0.29) is 25.3 Å². The molecule has 1 aromatic rings. The number of benzene rings is 1. The number of ether oxygens (including phenoxy) is 3. The molecule has 1 fully saturated rings. The predicted molar refractivity (Wildman–Crippen MR) is 105 cm³/mol. The van der Waals surface area contributed by atoms with Crippen LogP contribution in [-0.2, 0) is 14.3 Å². The van der Waals surface area contributed by atoms with Crippen molar-refractivity contribution in [2.45, 2.75) is 28.6 Å². The first-order valence-electron chi connectivity index (χ1n) is 8.35. The van der Waals surface area contributed by atoms with Crippen LogP contribution in [0, 0.1) is 0 Å². The van der Waals surface area contributed by atoms with E-state index in [2.05, 4.69) is 11.6 Å². The van der Waals surface area contributed by atoms with Crippen molar-refractivity contribution in [1.82, 2.24) is 0 Å². The third kappa shape index (κ3) is 4.05. The molecule has 6 nitrogen and oxygen atoms in total. The summed E-state index contributed by atoms with van der Waals surface area (Å²) in [6.45, 7) is 3.59. The first-order valence-corrected chi connectivity index (χ1v) is 9.17. The number of Topliss-reactive ketones (excluding diaryl/α,β-unsaturated/α-hetero) is 1. The zero-order chi connectivity index (χ0) is 20.1. The van der Waals surface area contributed by atoms with E-state index in [1.54, 1.807) is 12.1 Å². The van der Waals surface area contributed by atoms with Crippen molar-refractivity contribution < 1.29 is 24.1 Å². The van der Waals surface area contributed by atoms with E-state index >= 15 is 0 Å². The highest BCUT2D eigenvalue weighted by Gasteiger charge is 2.68. The smallest absolute Gasteiger partial charge is 0.236 e. The fourth-order valence-corrected chi connectivity index (χ4v) is 3.98. The molecule has 0 radical (unpaired) electrons. The van der Waals surface area contributed by atoms with Gasteiger partial charge >= 0.3 is 0 Å². The number of carbonyl (C=O) groups is 1. The van der Waals surface area contributed by atoms with Crippen LogP contribution in [0.1, 0.15) is 6.42 Å². The first kappa shape index (κ1) is 21.9. The van der Waals surface area contributed by atoms with Gasteiger partial charge in [0, 0.05) is 14.2 Å². The summed E-state index contributed by atoms with van der Waals surface area (Å²) in [6.07, 6.45) is 0.650. The van der Waals surface area contributed by atoms with Crippen molar-refractivity contribution in [3.05, 3.63) is 43.0 Å². The van der Waals surface area contributed by atoms with Crippen LogP contribution >= 0.6 is 23.2 Å². The SMILES string of the molecule is C=CC[C@@]1(Cl)C(=O)C(Cl)C(=NC[C@H](O)COc2ccccc2)C1(OC)OC. The van der Waals surface area contributed by atoms with E-state index in [9.17, 15) is 9.90 Å². The topological polar surface area (TPSA) is 77.4 Å². The number of halogens is 2. The molecular weight excluding hydrogens is 393 g/mol. The highest BCUT2D eigenvalue weighted by Crippen LogP contribution is 2.47. The molecule has 1 unspecified atom stereocenters. The van der Waals surface area contributed by atoms with Crippen molar-refractivity contribution in [1.29, 1.82) is 0 Å². The van der Waals surface area contributed by atoms with Crippen molar-refractivity contribution in [3.8, 4) is 5.75 Å². The zero-order valence-corrected chi connectivity index (χ0v) is 16.7. The molecule has 27 heavy (non-hydrogen) atoms. The standard InChI is InChI=1S/C19H23Cl2NO5/c1-4-10-18(21)17(24)15(20)16(19(18,25-2)26-3)22-11-13(23)12-27-14-8-6-5-7-9-14/h4-9,13,15,23H,1,10-12H2,2-3H3/t13-,15?,18+/m0/s1. The normalized spacial score (nSPS) is 26.9. The number of para-hydroxylation sites is 1. The van der Waals surface area contributed by atoms with E-state index in [0.29, 0.717) is 5.75 Å². The molecule has 0 heterocycles. The number of hydrogen-bond donors (Lipinski definition) is 1. The molecule has 0 bridgehead atoms. The van der Waals surface area contributed by atoms with Crippen LogP contribution < -0.4 is 4.74 Å². The Morgan fingerprint density at radius 2 is 1.96 bits per heavy atom. The quantitative estimate of drug-likeness (QED) is 0.381. The van der Waals surface area contributed by atoms with Gasteiger partial charge in [0.15, 0.2) is 10.7 Å². The van der Waals surface area contributed by atoms with Crippen molar-refractivity contribution in [2.75, 3.05) is 27.4 Å². The lowest BCUT2D eigenvalue weighted by molar-refractivity contribution is -0.174. The van der Waals surface area contributed by atoms with Gasteiger partial charge in [-0.2, -0.15) is 0 Å². The minimum Gasteiger partial charge on any atom is -0.491 e. The zero-order valence-electron chi connectivity index (χ0n) is 15.2. The van der Waals surface area contributed by atoms with Crippen molar-refractivity contribution in [2.24, 2.45) is 4.99 Å². The van der Waals surface area contributed by atoms with Crippen LogP contribution in [0.3, 0.4) is 0 Å². The van der Waals surface area contributed by atoms with E-state index in [4.69, 9.17) is 37.4 Å². The van der Waals surface area contributed by atoms with Crippen LogP contribution in [0.2, 0.25) is 0 Å². The predicted octanol–water partition coefficient (Wildman–Crippen LogP) is 2.60. The van der Waals surface area contributed by atoms with Crippen LogP contribution in [0.4, 0.5) is 0 Å². The fraction of sp³-hybridized carbons (Fsp3) is 0.474. The highest BCUT2D eigenvalue weighted by molar-refractivity contribution is 6.56. The van der Waals surface area contributed by atoms with Gasteiger partial charge < -0.3 is 19.3 Å². The molecule has 1 saturated carbocycles. The molecule has 1 aromatic carbocycles. The first-order chi connectivity index (χ1) is 12.9. The summed E-state index contributed by atoms with van der Waals surface area (Å²) in [7, 11) is 2.72. The molecule has 8 heteroatoms. The molecular formula is C19H23Cl2NO5. The van der Waals surface area contributed by atoms with Crippen molar-refractivity contribution >= 4 is 34.7 Å². The Morgan fingerprint density at radius 3 is 2.52 bits per heavy atom. The summed E-state index contributed by atoms with van der Waals surface area (Å²) in [5.41, 5.74) is 0.120. The maximum absolute atomic E-state index is 12.7. The number of hydrogen-bond acceptors (Lipinski definition) is 6. The second-order valence-electron chi connectivity index (χ2n) is 6.05. The Morgan fingerprint density at radius 1 is 1.33 bits per heavy atom. The number of rotatable bonds is 9. The average molecular weight is 416 g/mol. The van der Waals surface area contributed by atoms with Gasteiger partial charge in [0.2, 0.25) is 5.79 Å². The Kier molecular flexibility index (Phi) is 7.42.